The number of carbonyl (C=O) groups is 1. The Morgan fingerprint density at radius 1 is 1.24 bits per heavy atom. The summed E-state index contributed by atoms with van der Waals surface area (Å²) in [4.78, 5) is 22.0. The van der Waals surface area contributed by atoms with E-state index in [0.717, 1.165) is 3.57 Å². The average Bonchev–Trinajstić information content (AvgIpc) is 2.45. The van der Waals surface area contributed by atoms with Crippen molar-refractivity contribution in [2.24, 2.45) is 0 Å². The lowest BCUT2D eigenvalue weighted by Gasteiger charge is -2.08. The Morgan fingerprint density at radius 2 is 2.00 bits per heavy atom. The second kappa shape index (κ2) is 7.02. The molecule has 21 heavy (non-hydrogen) atoms. The lowest BCUT2D eigenvalue weighted by Crippen LogP contribution is -2.20. The maximum atomic E-state index is 11.8. The van der Waals surface area contributed by atoms with Gasteiger partial charge in [0, 0.05) is 15.3 Å². The van der Waals surface area contributed by atoms with Crippen LogP contribution in [0.5, 0.6) is 5.75 Å². The van der Waals surface area contributed by atoms with E-state index in [1.165, 1.54) is 18.2 Å². The van der Waals surface area contributed by atoms with Crippen molar-refractivity contribution in [3.05, 3.63) is 62.2 Å². The molecule has 0 saturated heterocycles. The number of carbonyl (C=O) groups excluding carboxylic acids is 1. The van der Waals surface area contributed by atoms with Gasteiger partial charge in [-0.05, 0) is 46.9 Å². The normalized spacial score (nSPS) is 9.95. The van der Waals surface area contributed by atoms with Crippen molar-refractivity contribution in [3.63, 3.8) is 0 Å². The minimum Gasteiger partial charge on any atom is -0.477 e. The van der Waals surface area contributed by atoms with Gasteiger partial charge in [0.25, 0.3) is 5.91 Å². The number of hydrogen-bond donors (Lipinski definition) is 1. The molecule has 7 heteroatoms. The molecule has 2 aromatic rings. The Balaban J connectivity index is 1.97. The standard InChI is InChI=1S/C14H11IN2O4/c15-10-4-3-5-11(8-10)16-14(18)9-21-13-7-2-1-6-12(13)17(19)20/h1-8H,9H2,(H,16,18). The third-order valence-corrected chi connectivity index (χ3v) is 3.20. The van der Waals surface area contributed by atoms with E-state index in [4.69, 9.17) is 4.74 Å². The number of nitro groups is 1. The topological polar surface area (TPSA) is 81.5 Å². The van der Waals surface area contributed by atoms with Gasteiger partial charge in [-0.25, -0.2) is 0 Å². The summed E-state index contributed by atoms with van der Waals surface area (Å²) in [5.41, 5.74) is 0.484. The van der Waals surface area contributed by atoms with Crippen LogP contribution in [0.3, 0.4) is 0 Å². The third-order valence-electron chi connectivity index (χ3n) is 2.53. The first-order valence-electron chi connectivity index (χ1n) is 5.98. The molecule has 108 valence electrons. The number of anilines is 1. The average molecular weight is 398 g/mol. The van der Waals surface area contributed by atoms with Crippen molar-refractivity contribution in [2.75, 3.05) is 11.9 Å². The number of para-hydroxylation sites is 2. The van der Waals surface area contributed by atoms with E-state index in [1.54, 1.807) is 12.1 Å². The van der Waals surface area contributed by atoms with Gasteiger partial charge in [0.1, 0.15) is 0 Å². The number of benzene rings is 2. The Hall–Kier alpha value is -2.16. The zero-order valence-corrected chi connectivity index (χ0v) is 12.9. The lowest BCUT2D eigenvalue weighted by atomic mass is 10.3. The molecule has 0 radical (unpaired) electrons. The SMILES string of the molecule is O=C(COc1ccccc1[N+](=O)[O-])Nc1cccc(I)c1. The fourth-order valence-corrected chi connectivity index (χ4v) is 2.18. The van der Waals surface area contributed by atoms with Crippen LogP contribution >= 0.6 is 22.6 Å². The third kappa shape index (κ3) is 4.42. The summed E-state index contributed by atoms with van der Waals surface area (Å²) in [6, 6.07) is 13.2. The summed E-state index contributed by atoms with van der Waals surface area (Å²) in [5.74, 6) is -0.310. The number of nitrogens with one attached hydrogen (secondary N) is 1. The van der Waals surface area contributed by atoms with Crippen LogP contribution in [0.4, 0.5) is 11.4 Å². The quantitative estimate of drug-likeness (QED) is 0.477. The number of rotatable bonds is 5. The molecule has 0 fully saturated rings. The fourth-order valence-electron chi connectivity index (χ4n) is 1.64. The van der Waals surface area contributed by atoms with Gasteiger partial charge >= 0.3 is 5.69 Å². The molecule has 0 atom stereocenters. The molecular formula is C14H11IN2O4. The van der Waals surface area contributed by atoms with Crippen LogP contribution in [0, 0.1) is 13.7 Å². The molecule has 1 N–H and O–H groups in total. The maximum Gasteiger partial charge on any atom is 0.310 e. The van der Waals surface area contributed by atoms with Gasteiger partial charge < -0.3 is 10.1 Å². The van der Waals surface area contributed by atoms with Crippen molar-refractivity contribution in [2.45, 2.75) is 0 Å². The van der Waals surface area contributed by atoms with E-state index in [0.29, 0.717) is 5.69 Å². The minimum atomic E-state index is -0.549. The molecule has 1 amide bonds. The molecule has 6 nitrogen and oxygen atoms in total. The Morgan fingerprint density at radius 3 is 2.71 bits per heavy atom. The Kier molecular flexibility index (Phi) is 5.09. The highest BCUT2D eigenvalue weighted by Gasteiger charge is 2.14. The molecule has 2 aromatic carbocycles. The van der Waals surface area contributed by atoms with Crippen LogP contribution in [-0.2, 0) is 4.79 Å². The number of halogens is 1. The summed E-state index contributed by atoms with van der Waals surface area (Å²) < 4.78 is 6.20. The van der Waals surface area contributed by atoms with Crippen LogP contribution in [0.1, 0.15) is 0 Å². The van der Waals surface area contributed by atoms with Gasteiger partial charge in [-0.2, -0.15) is 0 Å². The predicted octanol–water partition coefficient (Wildman–Crippen LogP) is 3.22. The number of nitro benzene ring substituents is 1. The first-order chi connectivity index (χ1) is 10.1. The first-order valence-corrected chi connectivity index (χ1v) is 7.06. The molecule has 0 unspecified atom stereocenters. The summed E-state index contributed by atoms with van der Waals surface area (Å²) in [6.45, 7) is -0.295. The largest absolute Gasteiger partial charge is 0.477 e. The van der Waals surface area contributed by atoms with E-state index in [1.807, 2.05) is 18.2 Å². The van der Waals surface area contributed by atoms with E-state index < -0.39 is 4.92 Å². The monoisotopic (exact) mass is 398 g/mol. The van der Waals surface area contributed by atoms with Crippen LogP contribution in [0.2, 0.25) is 0 Å². The van der Waals surface area contributed by atoms with Crippen LogP contribution in [0.25, 0.3) is 0 Å². The summed E-state index contributed by atoms with van der Waals surface area (Å²) in [5, 5.41) is 13.5. The second-order valence-corrected chi connectivity index (χ2v) is 5.32. The second-order valence-electron chi connectivity index (χ2n) is 4.07. The highest BCUT2D eigenvalue weighted by molar-refractivity contribution is 14.1. The molecule has 0 spiro atoms. The number of ether oxygens (including phenoxy) is 1. The molecule has 0 saturated carbocycles. The lowest BCUT2D eigenvalue weighted by molar-refractivity contribution is -0.385. The van der Waals surface area contributed by atoms with Crippen molar-refractivity contribution >= 4 is 39.9 Å². The zero-order valence-electron chi connectivity index (χ0n) is 10.8. The zero-order chi connectivity index (χ0) is 15.2. The molecule has 0 aromatic heterocycles. The van der Waals surface area contributed by atoms with Gasteiger partial charge in [-0.1, -0.05) is 18.2 Å². The van der Waals surface area contributed by atoms with E-state index >= 15 is 0 Å². The van der Waals surface area contributed by atoms with E-state index in [9.17, 15) is 14.9 Å². The smallest absolute Gasteiger partial charge is 0.310 e. The minimum absolute atomic E-state index is 0.0697. The number of hydrogen-bond acceptors (Lipinski definition) is 4. The summed E-state index contributed by atoms with van der Waals surface area (Å²) >= 11 is 2.14. The molecule has 0 heterocycles. The first kappa shape index (κ1) is 15.2. The van der Waals surface area contributed by atoms with Gasteiger partial charge in [-0.15, -0.1) is 0 Å². The van der Waals surface area contributed by atoms with Gasteiger partial charge in [0.15, 0.2) is 12.4 Å². The molecule has 2 rings (SSSR count). The summed E-state index contributed by atoms with van der Waals surface area (Å²) in [7, 11) is 0. The summed E-state index contributed by atoms with van der Waals surface area (Å²) in [6.07, 6.45) is 0. The molecule has 0 aliphatic rings. The van der Waals surface area contributed by atoms with E-state index in [2.05, 4.69) is 27.9 Å². The number of nitrogens with zero attached hydrogens (tertiary/aromatic N) is 1. The van der Waals surface area contributed by atoms with Crippen LogP contribution in [0.15, 0.2) is 48.5 Å². The van der Waals surface area contributed by atoms with Crippen molar-refractivity contribution < 1.29 is 14.5 Å². The van der Waals surface area contributed by atoms with Crippen molar-refractivity contribution in [3.8, 4) is 5.75 Å². The van der Waals surface area contributed by atoms with Crippen molar-refractivity contribution in [1.29, 1.82) is 0 Å². The number of amides is 1. The van der Waals surface area contributed by atoms with Crippen LogP contribution in [-0.4, -0.2) is 17.4 Å². The molecule has 0 bridgehead atoms. The maximum absolute atomic E-state index is 11.8. The van der Waals surface area contributed by atoms with Gasteiger partial charge in [0.2, 0.25) is 0 Å². The van der Waals surface area contributed by atoms with Crippen molar-refractivity contribution in [1.82, 2.24) is 0 Å². The molecule has 0 aliphatic heterocycles. The highest BCUT2D eigenvalue weighted by Crippen LogP contribution is 2.25. The Labute approximate surface area is 134 Å². The predicted molar refractivity (Wildman–Crippen MR) is 86.4 cm³/mol. The Bertz CT molecular complexity index is 676. The highest BCUT2D eigenvalue weighted by atomic mass is 127. The van der Waals surface area contributed by atoms with Gasteiger partial charge in [-0.3, -0.25) is 14.9 Å². The molecule has 0 aliphatic carbocycles. The van der Waals surface area contributed by atoms with Gasteiger partial charge in [0.05, 0.1) is 4.92 Å². The molecular weight excluding hydrogens is 387 g/mol. The van der Waals surface area contributed by atoms with E-state index in [-0.39, 0.29) is 24.0 Å². The fraction of sp³-hybridized carbons (Fsp3) is 0.0714. The van der Waals surface area contributed by atoms with Crippen LogP contribution < -0.4 is 10.1 Å².